The maximum Gasteiger partial charge on any atom is 0.0801 e. The molecule has 0 aromatic heterocycles. The minimum Gasteiger partial charge on any atom is -0.327 e. The Morgan fingerprint density at radius 2 is 1.68 bits per heavy atom. The molecule has 2 aliphatic heterocycles. The van der Waals surface area contributed by atoms with Crippen molar-refractivity contribution in [3.8, 4) is 11.1 Å². The Morgan fingerprint density at radius 1 is 0.950 bits per heavy atom. The van der Waals surface area contributed by atoms with Crippen molar-refractivity contribution in [2.24, 2.45) is 9.98 Å². The van der Waals surface area contributed by atoms with Crippen LogP contribution in [0, 0.1) is 0 Å². The number of benzene rings is 3. The van der Waals surface area contributed by atoms with Crippen molar-refractivity contribution in [3.05, 3.63) is 125 Å². The molecular weight excluding hydrogens is 506 g/mol. The predicted octanol–water partition coefficient (Wildman–Crippen LogP) is 9.80. The van der Waals surface area contributed by atoms with Crippen LogP contribution in [-0.4, -0.2) is 18.0 Å². The molecule has 0 atom stereocenters. The number of aryl methyl sites for hydroxylation is 1. The van der Waals surface area contributed by atoms with Crippen LogP contribution in [0.1, 0.15) is 64.7 Å². The second-order valence-electron chi connectivity index (χ2n) is 9.72. The Labute approximate surface area is 246 Å². The molecule has 0 saturated carbocycles. The van der Waals surface area contributed by atoms with E-state index in [1.165, 1.54) is 49.6 Å². The van der Waals surface area contributed by atoms with Crippen molar-refractivity contribution in [3.63, 3.8) is 0 Å². The summed E-state index contributed by atoms with van der Waals surface area (Å²) in [5, 5.41) is 0. The van der Waals surface area contributed by atoms with E-state index in [0.717, 1.165) is 37.2 Å². The molecule has 0 amide bonds. The predicted molar refractivity (Wildman–Crippen MR) is 178 cm³/mol. The molecule has 40 heavy (non-hydrogen) atoms. The maximum atomic E-state index is 4.52. The molecule has 1 N–H and O–H groups in total. The van der Waals surface area contributed by atoms with Gasteiger partial charge in [0.15, 0.2) is 0 Å². The van der Waals surface area contributed by atoms with E-state index in [4.69, 9.17) is 0 Å². The highest BCUT2D eigenvalue weighted by Crippen LogP contribution is 2.34. The lowest BCUT2D eigenvalue weighted by Gasteiger charge is -2.15. The molecule has 0 fully saturated rings. The summed E-state index contributed by atoms with van der Waals surface area (Å²) in [6, 6.07) is 25.7. The van der Waals surface area contributed by atoms with E-state index in [-0.39, 0.29) is 0 Å². The van der Waals surface area contributed by atoms with E-state index in [1.54, 1.807) is 11.9 Å². The summed E-state index contributed by atoms with van der Waals surface area (Å²) >= 11 is 1.68. The highest BCUT2D eigenvalue weighted by atomic mass is 32.2. The lowest BCUT2D eigenvalue weighted by atomic mass is 9.94. The smallest absolute Gasteiger partial charge is 0.0801 e. The third-order valence-corrected chi connectivity index (χ3v) is 7.67. The van der Waals surface area contributed by atoms with Crippen molar-refractivity contribution in [1.82, 2.24) is 4.72 Å². The monoisotopic (exact) mass is 549 g/mol. The first-order valence-electron chi connectivity index (χ1n) is 14.2. The van der Waals surface area contributed by atoms with Crippen LogP contribution in [0.4, 0.5) is 0 Å². The van der Waals surface area contributed by atoms with E-state index in [0.29, 0.717) is 0 Å². The summed E-state index contributed by atoms with van der Waals surface area (Å²) in [5.41, 5.74) is 12.5. The summed E-state index contributed by atoms with van der Waals surface area (Å²) in [5.74, 6) is 0. The summed E-state index contributed by atoms with van der Waals surface area (Å²) in [6.07, 6.45) is 6.93. The molecule has 0 bridgehead atoms. The molecule has 4 heteroatoms. The van der Waals surface area contributed by atoms with Crippen LogP contribution in [-0.2, 0) is 12.8 Å². The maximum absolute atomic E-state index is 4.52. The summed E-state index contributed by atoms with van der Waals surface area (Å²) in [6.45, 7) is 17.1. The lowest BCUT2D eigenvalue weighted by Crippen LogP contribution is -2.07. The van der Waals surface area contributed by atoms with Crippen LogP contribution in [0.5, 0.6) is 0 Å². The molecule has 0 aliphatic carbocycles. The fourth-order valence-corrected chi connectivity index (χ4v) is 5.37. The number of aliphatic imine (C=N–C) groups is 2. The molecular formula is C36H43N3S. The Kier molecular flexibility index (Phi) is 12.2. The third kappa shape index (κ3) is 8.43. The first-order chi connectivity index (χ1) is 19.5. The van der Waals surface area contributed by atoms with E-state index in [1.807, 2.05) is 33.0 Å². The second-order valence-corrected chi connectivity index (χ2v) is 10.6. The number of hydrogen-bond donors (Lipinski definition) is 1. The van der Waals surface area contributed by atoms with Gasteiger partial charge < -0.3 is 4.72 Å². The molecule has 2 aliphatic rings. The first-order valence-corrected chi connectivity index (χ1v) is 15.0. The SMILES string of the molecule is C=C(C)Cc1ccccc1.CC.CCc1cc(C2=NC=CC2)ccc1-c1ccccc1SNC1=C(C)C(C)=NC1. The van der Waals surface area contributed by atoms with Gasteiger partial charge in [0.2, 0.25) is 0 Å². The fraction of sp³-hybridized carbons (Fsp3) is 0.278. The fourth-order valence-electron chi connectivity index (χ4n) is 4.48. The van der Waals surface area contributed by atoms with Gasteiger partial charge in [-0.15, -0.1) is 0 Å². The van der Waals surface area contributed by atoms with Gasteiger partial charge in [-0.2, -0.15) is 0 Å². The highest BCUT2D eigenvalue weighted by Gasteiger charge is 2.15. The van der Waals surface area contributed by atoms with E-state index >= 15 is 0 Å². The van der Waals surface area contributed by atoms with Crippen molar-refractivity contribution in [2.75, 3.05) is 6.54 Å². The zero-order valence-electron chi connectivity index (χ0n) is 24.9. The molecule has 3 nitrogen and oxygen atoms in total. The summed E-state index contributed by atoms with van der Waals surface area (Å²) in [7, 11) is 0. The lowest BCUT2D eigenvalue weighted by molar-refractivity contribution is 1.07. The topological polar surface area (TPSA) is 36.8 Å². The van der Waals surface area contributed by atoms with Gasteiger partial charge in [0.25, 0.3) is 0 Å². The minimum atomic E-state index is 0.748. The van der Waals surface area contributed by atoms with Gasteiger partial charge in [0.05, 0.1) is 12.3 Å². The van der Waals surface area contributed by atoms with Gasteiger partial charge in [-0.25, -0.2) is 0 Å². The van der Waals surface area contributed by atoms with Crippen LogP contribution < -0.4 is 4.72 Å². The van der Waals surface area contributed by atoms with E-state index in [9.17, 15) is 0 Å². The van der Waals surface area contributed by atoms with Gasteiger partial charge in [0.1, 0.15) is 0 Å². The molecule has 2 heterocycles. The molecule has 3 aromatic rings. The summed E-state index contributed by atoms with van der Waals surface area (Å²) < 4.78 is 3.54. The standard InChI is InChI=1S/C24H25N3S.C10H12.C2H6/c1-4-18-14-19(22-9-7-13-25-22)11-12-20(18)21-8-5-6-10-24(21)28-27-23-15-26-17(3)16(23)2;1-9(2)8-10-6-4-3-5-7-10;1-2/h5-8,10-14,27H,4,9,15H2,1-3H3;3-7H,1,8H2,2H3;1-2H3. The molecule has 0 radical (unpaired) electrons. The average molecular weight is 550 g/mol. The van der Waals surface area contributed by atoms with Crippen molar-refractivity contribution >= 4 is 23.4 Å². The molecule has 0 saturated heterocycles. The summed E-state index contributed by atoms with van der Waals surface area (Å²) in [4.78, 5) is 10.2. The van der Waals surface area contributed by atoms with Gasteiger partial charge >= 0.3 is 0 Å². The number of allylic oxidation sites excluding steroid dienone is 3. The van der Waals surface area contributed by atoms with Crippen molar-refractivity contribution in [2.45, 2.75) is 65.7 Å². The van der Waals surface area contributed by atoms with Crippen molar-refractivity contribution in [1.29, 1.82) is 0 Å². The Hall–Kier alpha value is -3.63. The number of hydrogen-bond acceptors (Lipinski definition) is 4. The van der Waals surface area contributed by atoms with Crippen LogP contribution in [0.3, 0.4) is 0 Å². The Bertz CT molecular complexity index is 1410. The highest BCUT2D eigenvalue weighted by molar-refractivity contribution is 7.97. The number of nitrogens with zero attached hydrogens (tertiary/aromatic N) is 2. The number of nitrogens with one attached hydrogen (secondary N) is 1. The quantitative estimate of drug-likeness (QED) is 0.224. The average Bonchev–Trinajstić information content (AvgIpc) is 3.64. The van der Waals surface area contributed by atoms with Crippen LogP contribution in [0.15, 0.2) is 123 Å². The van der Waals surface area contributed by atoms with E-state index in [2.05, 4.69) is 115 Å². The zero-order valence-corrected chi connectivity index (χ0v) is 25.7. The van der Waals surface area contributed by atoms with Gasteiger partial charge in [-0.05, 0) is 91.1 Å². The first kappa shape index (κ1) is 30.9. The molecule has 5 rings (SSSR count). The Morgan fingerprint density at radius 3 is 2.30 bits per heavy atom. The second kappa shape index (κ2) is 15.8. The normalized spacial score (nSPS) is 13.6. The van der Waals surface area contributed by atoms with Gasteiger partial charge in [0, 0.05) is 28.9 Å². The molecule has 208 valence electrons. The van der Waals surface area contributed by atoms with Crippen LogP contribution >= 0.6 is 11.9 Å². The van der Waals surface area contributed by atoms with Crippen LogP contribution in [0.25, 0.3) is 11.1 Å². The Balaban J connectivity index is 0.000000309. The van der Waals surface area contributed by atoms with E-state index < -0.39 is 0 Å². The van der Waals surface area contributed by atoms with Gasteiger partial charge in [-0.3, -0.25) is 9.98 Å². The molecule has 0 unspecified atom stereocenters. The van der Waals surface area contributed by atoms with Crippen molar-refractivity contribution < 1.29 is 0 Å². The van der Waals surface area contributed by atoms with Crippen LogP contribution in [0.2, 0.25) is 0 Å². The largest absolute Gasteiger partial charge is 0.327 e. The van der Waals surface area contributed by atoms with Gasteiger partial charge in [-0.1, -0.05) is 99.7 Å². The third-order valence-electron chi connectivity index (χ3n) is 6.75. The molecule has 0 spiro atoms. The molecule has 3 aromatic carbocycles. The minimum absolute atomic E-state index is 0.748. The number of rotatable bonds is 8. The zero-order chi connectivity index (χ0) is 28.9.